The van der Waals surface area contributed by atoms with Gasteiger partial charge < -0.3 is 10.6 Å². The van der Waals surface area contributed by atoms with Crippen LogP contribution in [-0.4, -0.2) is 32.7 Å². The van der Waals surface area contributed by atoms with Crippen LogP contribution in [0.1, 0.15) is 21.5 Å². The normalized spacial score (nSPS) is 10.8. The minimum Gasteiger partial charge on any atom is -0.355 e. The number of aryl methyl sites for hydroxylation is 2. The van der Waals surface area contributed by atoms with Gasteiger partial charge >= 0.3 is 0 Å². The Hall–Kier alpha value is -3.74. The summed E-state index contributed by atoms with van der Waals surface area (Å²) in [6.07, 6.45) is 3.26. The summed E-state index contributed by atoms with van der Waals surface area (Å²) in [6.45, 7) is 4.02. The van der Waals surface area contributed by atoms with Gasteiger partial charge in [-0.2, -0.15) is 5.10 Å². The van der Waals surface area contributed by atoms with Crippen molar-refractivity contribution in [1.82, 2.24) is 25.1 Å². The zero-order chi connectivity index (χ0) is 19.7. The molecule has 0 spiro atoms. The standard InChI is InChI=1S/C21H20N6O/c1-13-8-9-15(21(28)22-3)10-17(13)26-19-16-11-25-27(20(16)24-12-23-19)18-7-5-4-6-14(18)2/h4-12H,1-3H3,(H,22,28)(H,23,24,26). The van der Waals surface area contributed by atoms with Crippen LogP contribution < -0.4 is 10.6 Å². The molecule has 0 saturated heterocycles. The van der Waals surface area contributed by atoms with Gasteiger partial charge in [-0.25, -0.2) is 14.6 Å². The SMILES string of the molecule is CNC(=O)c1ccc(C)c(Nc2ncnc3c2cnn3-c2ccccc2C)c1. The Morgan fingerprint density at radius 3 is 2.64 bits per heavy atom. The number of carbonyl (C=O) groups is 1. The highest BCUT2D eigenvalue weighted by Crippen LogP contribution is 2.27. The van der Waals surface area contributed by atoms with Crippen molar-refractivity contribution in [2.75, 3.05) is 12.4 Å². The summed E-state index contributed by atoms with van der Waals surface area (Å²) in [6, 6.07) is 13.5. The lowest BCUT2D eigenvalue weighted by molar-refractivity contribution is 0.0963. The van der Waals surface area contributed by atoms with E-state index < -0.39 is 0 Å². The smallest absolute Gasteiger partial charge is 0.251 e. The molecule has 1 amide bonds. The highest BCUT2D eigenvalue weighted by molar-refractivity contribution is 5.96. The summed E-state index contributed by atoms with van der Waals surface area (Å²) in [7, 11) is 1.61. The van der Waals surface area contributed by atoms with Crippen LogP contribution in [0, 0.1) is 13.8 Å². The number of anilines is 2. The third kappa shape index (κ3) is 3.07. The predicted octanol–water partition coefficient (Wildman–Crippen LogP) is 3.54. The molecule has 2 aromatic heterocycles. The molecule has 0 radical (unpaired) electrons. The molecule has 2 N–H and O–H groups in total. The van der Waals surface area contributed by atoms with E-state index in [0.29, 0.717) is 17.0 Å². The van der Waals surface area contributed by atoms with E-state index in [0.717, 1.165) is 27.9 Å². The Kier molecular flexibility index (Phi) is 4.49. The average Bonchev–Trinajstić information content (AvgIpc) is 3.14. The van der Waals surface area contributed by atoms with Crippen molar-refractivity contribution in [2.24, 2.45) is 0 Å². The Bertz CT molecular complexity index is 1180. The van der Waals surface area contributed by atoms with Gasteiger partial charge in [-0.15, -0.1) is 0 Å². The van der Waals surface area contributed by atoms with Crippen LogP contribution >= 0.6 is 0 Å². The molecule has 140 valence electrons. The van der Waals surface area contributed by atoms with Crippen molar-refractivity contribution >= 4 is 28.4 Å². The van der Waals surface area contributed by atoms with Crippen LogP contribution in [0.2, 0.25) is 0 Å². The molecular weight excluding hydrogens is 352 g/mol. The molecule has 0 atom stereocenters. The third-order valence-electron chi connectivity index (χ3n) is 4.69. The zero-order valence-electron chi connectivity index (χ0n) is 15.9. The van der Waals surface area contributed by atoms with E-state index >= 15 is 0 Å². The second-order valence-electron chi connectivity index (χ2n) is 6.54. The Balaban J connectivity index is 1.77. The maximum Gasteiger partial charge on any atom is 0.251 e. The second-order valence-corrected chi connectivity index (χ2v) is 6.54. The largest absolute Gasteiger partial charge is 0.355 e. The summed E-state index contributed by atoms with van der Waals surface area (Å²) in [5.74, 6) is 0.505. The Labute approximate surface area is 162 Å². The first-order valence-corrected chi connectivity index (χ1v) is 8.93. The van der Waals surface area contributed by atoms with Gasteiger partial charge in [0.05, 0.1) is 17.3 Å². The molecule has 0 fully saturated rings. The number of carbonyl (C=O) groups excluding carboxylic acids is 1. The molecular formula is C21H20N6O. The molecule has 7 nitrogen and oxygen atoms in total. The number of amides is 1. The van der Waals surface area contributed by atoms with Crippen LogP contribution in [-0.2, 0) is 0 Å². The molecule has 0 aliphatic carbocycles. The number of hydrogen-bond donors (Lipinski definition) is 2. The molecule has 0 saturated carbocycles. The van der Waals surface area contributed by atoms with Crippen molar-refractivity contribution in [3.8, 4) is 5.69 Å². The van der Waals surface area contributed by atoms with Gasteiger partial charge in [0, 0.05) is 18.3 Å². The second kappa shape index (κ2) is 7.11. The van der Waals surface area contributed by atoms with Gasteiger partial charge in [-0.1, -0.05) is 24.3 Å². The number of nitrogens with zero attached hydrogens (tertiary/aromatic N) is 4. The molecule has 2 aromatic carbocycles. The molecule has 28 heavy (non-hydrogen) atoms. The first kappa shape index (κ1) is 17.7. The summed E-state index contributed by atoms with van der Waals surface area (Å²) in [5.41, 5.74) is 5.19. The van der Waals surface area contributed by atoms with Gasteiger partial charge in [0.15, 0.2) is 5.65 Å². The Morgan fingerprint density at radius 1 is 1.04 bits per heavy atom. The number of hydrogen-bond acceptors (Lipinski definition) is 5. The zero-order valence-corrected chi connectivity index (χ0v) is 15.9. The minimum absolute atomic E-state index is 0.136. The average molecular weight is 372 g/mol. The first-order chi connectivity index (χ1) is 13.6. The lowest BCUT2D eigenvalue weighted by atomic mass is 10.1. The highest BCUT2D eigenvalue weighted by Gasteiger charge is 2.14. The fourth-order valence-corrected chi connectivity index (χ4v) is 3.09. The van der Waals surface area contributed by atoms with E-state index in [-0.39, 0.29) is 5.91 Å². The van der Waals surface area contributed by atoms with Crippen molar-refractivity contribution in [3.05, 3.63) is 71.7 Å². The van der Waals surface area contributed by atoms with Crippen LogP contribution in [0.3, 0.4) is 0 Å². The quantitative estimate of drug-likeness (QED) is 0.572. The van der Waals surface area contributed by atoms with Crippen molar-refractivity contribution in [2.45, 2.75) is 13.8 Å². The summed E-state index contributed by atoms with van der Waals surface area (Å²) in [4.78, 5) is 20.8. The number of nitrogens with one attached hydrogen (secondary N) is 2. The molecule has 0 aliphatic rings. The van der Waals surface area contributed by atoms with E-state index in [2.05, 4.69) is 25.7 Å². The van der Waals surface area contributed by atoms with E-state index in [9.17, 15) is 4.79 Å². The molecule has 0 bridgehead atoms. The van der Waals surface area contributed by atoms with Crippen LogP contribution in [0.25, 0.3) is 16.7 Å². The van der Waals surface area contributed by atoms with Crippen molar-refractivity contribution < 1.29 is 4.79 Å². The highest BCUT2D eigenvalue weighted by atomic mass is 16.1. The number of aromatic nitrogens is 4. The number of rotatable bonds is 4. The predicted molar refractivity (Wildman–Crippen MR) is 109 cm³/mol. The summed E-state index contributed by atoms with van der Waals surface area (Å²) in [5, 5.41) is 11.3. The topological polar surface area (TPSA) is 84.7 Å². The first-order valence-electron chi connectivity index (χ1n) is 8.93. The number of para-hydroxylation sites is 1. The molecule has 2 heterocycles. The van der Waals surface area contributed by atoms with Crippen LogP contribution in [0.5, 0.6) is 0 Å². The summed E-state index contributed by atoms with van der Waals surface area (Å²) < 4.78 is 1.81. The number of benzene rings is 2. The van der Waals surface area contributed by atoms with Gasteiger partial charge in [-0.05, 0) is 43.2 Å². The minimum atomic E-state index is -0.136. The maximum atomic E-state index is 12.0. The van der Waals surface area contributed by atoms with E-state index in [1.165, 1.54) is 6.33 Å². The molecule has 4 rings (SSSR count). The third-order valence-corrected chi connectivity index (χ3v) is 4.69. The fraction of sp³-hybridized carbons (Fsp3) is 0.143. The monoisotopic (exact) mass is 372 g/mol. The maximum absolute atomic E-state index is 12.0. The van der Waals surface area contributed by atoms with Gasteiger partial charge in [0.2, 0.25) is 0 Å². The fourth-order valence-electron chi connectivity index (χ4n) is 3.09. The van der Waals surface area contributed by atoms with Crippen LogP contribution in [0.15, 0.2) is 55.0 Å². The van der Waals surface area contributed by atoms with Crippen molar-refractivity contribution in [3.63, 3.8) is 0 Å². The molecule has 4 aromatic rings. The summed E-state index contributed by atoms with van der Waals surface area (Å²) >= 11 is 0. The van der Waals surface area contributed by atoms with E-state index in [1.54, 1.807) is 19.3 Å². The van der Waals surface area contributed by atoms with Gasteiger partial charge in [0.25, 0.3) is 5.91 Å². The molecule has 0 unspecified atom stereocenters. The lowest BCUT2D eigenvalue weighted by Gasteiger charge is -2.11. The number of fused-ring (bicyclic) bond motifs is 1. The Morgan fingerprint density at radius 2 is 1.86 bits per heavy atom. The van der Waals surface area contributed by atoms with Crippen molar-refractivity contribution in [1.29, 1.82) is 0 Å². The molecule has 0 aliphatic heterocycles. The van der Waals surface area contributed by atoms with Gasteiger partial charge in [-0.3, -0.25) is 4.79 Å². The molecule has 7 heteroatoms. The van der Waals surface area contributed by atoms with Crippen LogP contribution in [0.4, 0.5) is 11.5 Å². The van der Waals surface area contributed by atoms with Gasteiger partial charge in [0.1, 0.15) is 12.1 Å². The van der Waals surface area contributed by atoms with E-state index in [4.69, 9.17) is 0 Å². The lowest BCUT2D eigenvalue weighted by Crippen LogP contribution is -2.17. The van der Waals surface area contributed by atoms with E-state index in [1.807, 2.05) is 54.9 Å².